The van der Waals surface area contributed by atoms with Crippen LogP contribution in [0.5, 0.6) is 5.75 Å². The van der Waals surface area contributed by atoms with Crippen molar-refractivity contribution < 1.29 is 9.53 Å². The van der Waals surface area contributed by atoms with Gasteiger partial charge in [0.05, 0.1) is 30.3 Å². The van der Waals surface area contributed by atoms with Crippen molar-refractivity contribution in [1.82, 2.24) is 29.5 Å². The summed E-state index contributed by atoms with van der Waals surface area (Å²) >= 11 is 0. The SMILES string of the molecule is COc1ccc2c(c1)-c1nc(-n3ncc(C(=O)N4CCC(N5CCCCC5)CC4)c3C)ncc1CC2. The van der Waals surface area contributed by atoms with Crippen LogP contribution in [0.15, 0.2) is 30.6 Å². The second kappa shape index (κ2) is 9.65. The topological polar surface area (TPSA) is 76.4 Å². The van der Waals surface area contributed by atoms with Gasteiger partial charge in [-0.05, 0) is 81.8 Å². The fourth-order valence-corrected chi connectivity index (χ4v) is 6.02. The fourth-order valence-electron chi connectivity index (χ4n) is 6.02. The number of piperidine rings is 2. The molecule has 3 aliphatic rings. The summed E-state index contributed by atoms with van der Waals surface area (Å²) < 4.78 is 7.15. The Kier molecular flexibility index (Phi) is 6.21. The average Bonchev–Trinajstić information content (AvgIpc) is 3.33. The van der Waals surface area contributed by atoms with Gasteiger partial charge >= 0.3 is 0 Å². The van der Waals surface area contributed by atoms with Crippen LogP contribution in [0.4, 0.5) is 0 Å². The lowest BCUT2D eigenvalue weighted by Crippen LogP contribution is -2.48. The maximum Gasteiger partial charge on any atom is 0.257 e. The molecule has 0 atom stereocenters. The normalized spacial score (nSPS) is 18.6. The maximum absolute atomic E-state index is 13.4. The van der Waals surface area contributed by atoms with E-state index in [1.54, 1.807) is 18.0 Å². The van der Waals surface area contributed by atoms with Gasteiger partial charge in [-0.3, -0.25) is 4.79 Å². The Balaban J connectivity index is 1.22. The number of aryl methyl sites for hydroxylation is 2. The molecule has 1 aliphatic carbocycles. The minimum absolute atomic E-state index is 0.0592. The molecule has 0 saturated carbocycles. The summed E-state index contributed by atoms with van der Waals surface area (Å²) in [6.07, 6.45) is 11.5. The minimum Gasteiger partial charge on any atom is -0.497 e. The number of amides is 1. The number of benzene rings is 1. The first kappa shape index (κ1) is 23.2. The van der Waals surface area contributed by atoms with Gasteiger partial charge in [0.2, 0.25) is 0 Å². The van der Waals surface area contributed by atoms with Gasteiger partial charge in [-0.1, -0.05) is 12.5 Å². The van der Waals surface area contributed by atoms with Crippen LogP contribution in [-0.4, -0.2) is 74.8 Å². The van der Waals surface area contributed by atoms with Gasteiger partial charge in [0.15, 0.2) is 0 Å². The molecule has 0 spiro atoms. The number of carbonyl (C=O) groups excluding carboxylic acids is 1. The number of rotatable bonds is 4. The number of methoxy groups -OCH3 is 1. The lowest BCUT2D eigenvalue weighted by Gasteiger charge is -2.40. The molecule has 8 nitrogen and oxygen atoms in total. The van der Waals surface area contributed by atoms with Crippen LogP contribution in [-0.2, 0) is 12.8 Å². The van der Waals surface area contributed by atoms with Crippen LogP contribution < -0.4 is 4.74 Å². The Morgan fingerprint density at radius 1 is 1.00 bits per heavy atom. The molecule has 2 fully saturated rings. The third-order valence-corrected chi connectivity index (χ3v) is 8.18. The van der Waals surface area contributed by atoms with E-state index in [-0.39, 0.29) is 5.91 Å². The molecule has 0 bridgehead atoms. The van der Waals surface area contributed by atoms with E-state index in [0.717, 1.165) is 67.0 Å². The van der Waals surface area contributed by atoms with Crippen LogP contribution in [0.2, 0.25) is 0 Å². The molecule has 2 aliphatic heterocycles. The smallest absolute Gasteiger partial charge is 0.257 e. The molecular weight excluding hydrogens is 452 g/mol. The zero-order valence-electron chi connectivity index (χ0n) is 21.2. The predicted molar refractivity (Wildman–Crippen MR) is 138 cm³/mol. The largest absolute Gasteiger partial charge is 0.497 e. The van der Waals surface area contributed by atoms with Gasteiger partial charge in [0, 0.05) is 30.9 Å². The van der Waals surface area contributed by atoms with Gasteiger partial charge in [-0.15, -0.1) is 0 Å². The van der Waals surface area contributed by atoms with Crippen LogP contribution in [0.3, 0.4) is 0 Å². The minimum atomic E-state index is 0.0592. The molecule has 6 rings (SSSR count). The van der Waals surface area contributed by atoms with Crippen molar-refractivity contribution in [3.8, 4) is 23.0 Å². The van der Waals surface area contributed by atoms with Crippen molar-refractivity contribution in [1.29, 1.82) is 0 Å². The van der Waals surface area contributed by atoms with Crippen LogP contribution >= 0.6 is 0 Å². The van der Waals surface area contributed by atoms with Gasteiger partial charge in [0.25, 0.3) is 11.9 Å². The molecule has 1 amide bonds. The van der Waals surface area contributed by atoms with Crippen molar-refractivity contribution in [3.63, 3.8) is 0 Å². The summed E-state index contributed by atoms with van der Waals surface area (Å²) in [5.41, 5.74) is 5.79. The summed E-state index contributed by atoms with van der Waals surface area (Å²) in [5, 5.41) is 4.54. The second-order valence-corrected chi connectivity index (χ2v) is 10.2. The Labute approximate surface area is 212 Å². The van der Waals surface area contributed by atoms with Crippen molar-refractivity contribution in [2.24, 2.45) is 0 Å². The van der Waals surface area contributed by atoms with E-state index in [9.17, 15) is 4.79 Å². The summed E-state index contributed by atoms with van der Waals surface area (Å²) in [6.45, 7) is 5.96. The molecule has 0 unspecified atom stereocenters. The first-order valence-electron chi connectivity index (χ1n) is 13.2. The molecule has 3 aromatic rings. The molecule has 0 N–H and O–H groups in total. The van der Waals surface area contributed by atoms with Crippen molar-refractivity contribution in [3.05, 3.63) is 53.0 Å². The fraction of sp³-hybridized carbons (Fsp3) is 0.500. The van der Waals surface area contributed by atoms with E-state index in [4.69, 9.17) is 9.72 Å². The molecule has 2 aromatic heterocycles. The highest BCUT2D eigenvalue weighted by atomic mass is 16.5. The number of hydrogen-bond acceptors (Lipinski definition) is 6. The summed E-state index contributed by atoms with van der Waals surface area (Å²) in [5.74, 6) is 1.36. The molecule has 8 heteroatoms. The number of likely N-dealkylation sites (tertiary alicyclic amines) is 2. The maximum atomic E-state index is 13.4. The van der Waals surface area contributed by atoms with Gasteiger partial charge in [0.1, 0.15) is 5.75 Å². The summed E-state index contributed by atoms with van der Waals surface area (Å²) in [6, 6.07) is 6.77. The molecule has 2 saturated heterocycles. The van der Waals surface area contributed by atoms with Gasteiger partial charge < -0.3 is 14.5 Å². The zero-order valence-corrected chi connectivity index (χ0v) is 21.2. The lowest BCUT2D eigenvalue weighted by molar-refractivity contribution is 0.0589. The molecule has 4 heterocycles. The first-order valence-corrected chi connectivity index (χ1v) is 13.2. The molecular formula is C28H34N6O2. The highest BCUT2D eigenvalue weighted by molar-refractivity contribution is 5.95. The summed E-state index contributed by atoms with van der Waals surface area (Å²) in [4.78, 5) is 27.6. The van der Waals surface area contributed by atoms with Crippen molar-refractivity contribution >= 4 is 5.91 Å². The number of nitrogens with zero attached hydrogens (tertiary/aromatic N) is 6. The van der Waals surface area contributed by atoms with Crippen LogP contribution in [0.25, 0.3) is 17.2 Å². The van der Waals surface area contributed by atoms with Crippen molar-refractivity contribution in [2.45, 2.75) is 57.9 Å². The number of fused-ring (bicyclic) bond motifs is 3. The summed E-state index contributed by atoms with van der Waals surface area (Å²) in [7, 11) is 1.68. The number of aromatic nitrogens is 4. The van der Waals surface area contributed by atoms with Gasteiger partial charge in [-0.2, -0.15) is 5.10 Å². The average molecular weight is 487 g/mol. The van der Waals surface area contributed by atoms with Crippen LogP contribution in [0, 0.1) is 6.92 Å². The van der Waals surface area contributed by atoms with E-state index in [0.29, 0.717) is 17.6 Å². The molecule has 188 valence electrons. The Bertz CT molecular complexity index is 1270. The molecule has 1 aromatic carbocycles. The Hall–Kier alpha value is -3.26. The second-order valence-electron chi connectivity index (χ2n) is 10.2. The standard InChI is InChI=1S/C28H34N6O2/c1-19-25(27(35)33-14-10-22(11-15-33)32-12-4-3-5-13-32)18-30-34(19)28-29-17-21-7-6-20-8-9-23(36-2)16-24(20)26(21)31-28/h8-9,16-18,22H,3-7,10-15H2,1-2H3. The molecule has 36 heavy (non-hydrogen) atoms. The zero-order chi connectivity index (χ0) is 24.6. The van der Waals surface area contributed by atoms with E-state index >= 15 is 0 Å². The molecule has 0 radical (unpaired) electrons. The van der Waals surface area contributed by atoms with E-state index < -0.39 is 0 Å². The third kappa shape index (κ3) is 4.17. The van der Waals surface area contributed by atoms with Gasteiger partial charge in [-0.25, -0.2) is 14.6 Å². The highest BCUT2D eigenvalue weighted by Crippen LogP contribution is 2.34. The lowest BCUT2D eigenvalue weighted by atomic mass is 9.90. The number of hydrogen-bond donors (Lipinski definition) is 0. The number of carbonyl (C=O) groups is 1. The third-order valence-electron chi connectivity index (χ3n) is 8.18. The Morgan fingerprint density at radius 2 is 1.78 bits per heavy atom. The first-order chi connectivity index (χ1) is 17.6. The number of ether oxygens (including phenoxy) is 1. The monoisotopic (exact) mass is 486 g/mol. The quantitative estimate of drug-likeness (QED) is 0.558. The van der Waals surface area contributed by atoms with Crippen molar-refractivity contribution in [2.75, 3.05) is 33.3 Å². The highest BCUT2D eigenvalue weighted by Gasteiger charge is 2.30. The van der Waals surface area contributed by atoms with E-state index in [2.05, 4.69) is 21.0 Å². The Morgan fingerprint density at radius 3 is 2.56 bits per heavy atom. The van der Waals surface area contributed by atoms with Crippen LogP contribution in [0.1, 0.15) is 59.3 Å². The van der Waals surface area contributed by atoms with E-state index in [1.165, 1.54) is 37.9 Å². The predicted octanol–water partition coefficient (Wildman–Crippen LogP) is 3.84. The van der Waals surface area contributed by atoms with E-state index in [1.807, 2.05) is 30.2 Å².